The predicted molar refractivity (Wildman–Crippen MR) is 63.0 cm³/mol. The summed E-state index contributed by atoms with van der Waals surface area (Å²) in [6.45, 7) is 5.15. The van der Waals surface area contributed by atoms with Crippen molar-refractivity contribution in [2.75, 3.05) is 5.32 Å². The molecular weight excluding hydrogens is 204 g/mol. The van der Waals surface area contributed by atoms with E-state index in [4.69, 9.17) is 5.73 Å². The highest BCUT2D eigenvalue weighted by atomic mass is 16.1. The number of rotatable bonds is 5. The molecular formula is C12H14N2O2. The molecule has 0 aliphatic carbocycles. The van der Waals surface area contributed by atoms with E-state index < -0.39 is 5.91 Å². The maximum atomic E-state index is 11.3. The summed E-state index contributed by atoms with van der Waals surface area (Å²) < 4.78 is 0. The van der Waals surface area contributed by atoms with Crippen LogP contribution in [0.2, 0.25) is 0 Å². The molecule has 1 amide bonds. The minimum atomic E-state index is -0.460. The number of nitrogens with two attached hydrogens (primary N) is 1. The highest BCUT2D eigenvalue weighted by Gasteiger charge is 2.07. The molecule has 4 nitrogen and oxygen atoms in total. The fourth-order valence-corrected chi connectivity index (χ4v) is 1.34. The van der Waals surface area contributed by atoms with Gasteiger partial charge in [0.2, 0.25) is 5.91 Å². The van der Waals surface area contributed by atoms with E-state index in [1.54, 1.807) is 24.3 Å². The van der Waals surface area contributed by atoms with Crippen molar-refractivity contribution in [2.45, 2.75) is 13.3 Å². The molecule has 0 heterocycles. The lowest BCUT2D eigenvalue weighted by atomic mass is 10.1. The van der Waals surface area contributed by atoms with Crippen molar-refractivity contribution < 1.29 is 9.59 Å². The molecule has 0 bridgehead atoms. The molecule has 1 aromatic rings. The predicted octanol–water partition coefficient (Wildman–Crippen LogP) is 1.69. The van der Waals surface area contributed by atoms with E-state index in [1.807, 2.05) is 0 Å². The Labute approximate surface area is 94.1 Å². The van der Waals surface area contributed by atoms with E-state index >= 15 is 0 Å². The Kier molecular flexibility index (Phi) is 3.83. The molecule has 0 saturated carbocycles. The zero-order valence-corrected chi connectivity index (χ0v) is 9.12. The van der Waals surface area contributed by atoms with Gasteiger partial charge in [-0.15, -0.1) is 0 Å². The second-order valence-electron chi connectivity index (χ2n) is 3.47. The molecule has 0 radical (unpaired) electrons. The van der Waals surface area contributed by atoms with Crippen molar-refractivity contribution in [1.29, 1.82) is 0 Å². The van der Waals surface area contributed by atoms with Crippen molar-refractivity contribution in [2.24, 2.45) is 5.73 Å². The van der Waals surface area contributed by atoms with Gasteiger partial charge in [0.05, 0.1) is 6.42 Å². The van der Waals surface area contributed by atoms with Gasteiger partial charge in [-0.3, -0.25) is 9.59 Å². The third kappa shape index (κ3) is 3.24. The van der Waals surface area contributed by atoms with Gasteiger partial charge >= 0.3 is 0 Å². The lowest BCUT2D eigenvalue weighted by Gasteiger charge is -2.11. The molecule has 0 spiro atoms. The van der Waals surface area contributed by atoms with Crippen LogP contribution >= 0.6 is 0 Å². The average molecular weight is 218 g/mol. The van der Waals surface area contributed by atoms with Gasteiger partial charge in [0.25, 0.3) is 0 Å². The summed E-state index contributed by atoms with van der Waals surface area (Å²) in [7, 11) is 0. The first-order valence-electron chi connectivity index (χ1n) is 4.83. The number of Topliss-reactive ketones (excluding diaryl/α,β-unsaturated/α-hetero) is 1. The molecule has 4 heteroatoms. The zero-order chi connectivity index (χ0) is 12.1. The Morgan fingerprint density at radius 2 is 2.00 bits per heavy atom. The largest absolute Gasteiger partial charge is 0.369 e. The number of primary amides is 1. The van der Waals surface area contributed by atoms with Gasteiger partial charge in [0.15, 0.2) is 5.78 Å². The molecule has 16 heavy (non-hydrogen) atoms. The van der Waals surface area contributed by atoms with Crippen LogP contribution in [0.5, 0.6) is 0 Å². The van der Waals surface area contributed by atoms with E-state index in [0.717, 1.165) is 0 Å². The van der Waals surface area contributed by atoms with E-state index in [-0.39, 0.29) is 12.2 Å². The van der Waals surface area contributed by atoms with Crippen LogP contribution in [0, 0.1) is 0 Å². The van der Waals surface area contributed by atoms with Crippen molar-refractivity contribution in [1.82, 2.24) is 0 Å². The molecule has 0 atom stereocenters. The first-order valence-corrected chi connectivity index (χ1v) is 4.83. The van der Waals surface area contributed by atoms with E-state index in [9.17, 15) is 9.59 Å². The minimum Gasteiger partial charge on any atom is -0.369 e. The van der Waals surface area contributed by atoms with Crippen LogP contribution in [0.4, 0.5) is 5.69 Å². The molecule has 0 unspecified atom stereocenters. The SMILES string of the molecule is C=C(CC(N)=O)Nc1ccccc1C(C)=O. The normalized spacial score (nSPS) is 9.56. The van der Waals surface area contributed by atoms with Crippen LogP contribution in [-0.2, 0) is 4.79 Å². The fraction of sp³-hybridized carbons (Fsp3) is 0.167. The molecule has 0 aliphatic heterocycles. The maximum Gasteiger partial charge on any atom is 0.223 e. The van der Waals surface area contributed by atoms with Crippen LogP contribution in [0.3, 0.4) is 0 Å². The van der Waals surface area contributed by atoms with Crippen LogP contribution < -0.4 is 11.1 Å². The summed E-state index contributed by atoms with van der Waals surface area (Å²) in [5.74, 6) is -0.507. The second-order valence-corrected chi connectivity index (χ2v) is 3.47. The van der Waals surface area contributed by atoms with Gasteiger partial charge in [-0.2, -0.15) is 0 Å². The average Bonchev–Trinajstić information content (AvgIpc) is 2.16. The molecule has 1 rings (SSSR count). The zero-order valence-electron chi connectivity index (χ0n) is 9.12. The minimum absolute atomic E-state index is 0.0463. The van der Waals surface area contributed by atoms with Crippen molar-refractivity contribution in [3.8, 4) is 0 Å². The van der Waals surface area contributed by atoms with Gasteiger partial charge in [-0.25, -0.2) is 0 Å². The lowest BCUT2D eigenvalue weighted by molar-refractivity contribution is -0.117. The molecule has 0 fully saturated rings. The summed E-state index contributed by atoms with van der Waals surface area (Å²) in [6, 6.07) is 7.04. The highest BCUT2D eigenvalue weighted by Crippen LogP contribution is 2.17. The smallest absolute Gasteiger partial charge is 0.223 e. The summed E-state index contributed by atoms with van der Waals surface area (Å²) in [5, 5.41) is 2.91. The van der Waals surface area contributed by atoms with Gasteiger partial charge in [-0.05, 0) is 19.1 Å². The number of carbonyl (C=O) groups excluding carboxylic acids is 2. The number of nitrogens with one attached hydrogen (secondary N) is 1. The maximum absolute atomic E-state index is 11.3. The van der Waals surface area contributed by atoms with Gasteiger partial charge in [0, 0.05) is 16.9 Å². The summed E-state index contributed by atoms with van der Waals surface area (Å²) in [6.07, 6.45) is 0.0479. The molecule has 84 valence electrons. The quantitative estimate of drug-likeness (QED) is 0.739. The van der Waals surface area contributed by atoms with Crippen LogP contribution in [0.1, 0.15) is 23.7 Å². The Balaban J connectivity index is 2.84. The second kappa shape index (κ2) is 5.11. The first kappa shape index (κ1) is 12.0. The Bertz CT molecular complexity index is 438. The Hall–Kier alpha value is -2.10. The number of amides is 1. The number of ketones is 1. The van der Waals surface area contributed by atoms with Crippen LogP contribution in [0.15, 0.2) is 36.5 Å². The topological polar surface area (TPSA) is 72.2 Å². The van der Waals surface area contributed by atoms with Gasteiger partial charge < -0.3 is 11.1 Å². The van der Waals surface area contributed by atoms with Crippen molar-refractivity contribution in [3.63, 3.8) is 0 Å². The summed E-state index contributed by atoms with van der Waals surface area (Å²) in [4.78, 5) is 22.0. The summed E-state index contributed by atoms with van der Waals surface area (Å²) in [5.41, 5.74) is 6.71. The Morgan fingerprint density at radius 3 is 2.56 bits per heavy atom. The van der Waals surface area contributed by atoms with Gasteiger partial charge in [-0.1, -0.05) is 18.7 Å². The summed E-state index contributed by atoms with van der Waals surface area (Å²) >= 11 is 0. The highest BCUT2D eigenvalue weighted by molar-refractivity contribution is 5.99. The number of anilines is 1. The molecule has 0 aliphatic rings. The third-order valence-corrected chi connectivity index (χ3v) is 2.01. The van der Waals surface area contributed by atoms with E-state index in [0.29, 0.717) is 16.9 Å². The lowest BCUT2D eigenvalue weighted by Crippen LogP contribution is -2.14. The standard InChI is InChI=1S/C12H14N2O2/c1-8(7-12(13)16)14-11-6-4-3-5-10(11)9(2)15/h3-6,14H,1,7H2,2H3,(H2,13,16). The van der Waals surface area contributed by atoms with Crippen molar-refractivity contribution >= 4 is 17.4 Å². The number of hydrogen-bond donors (Lipinski definition) is 2. The number of carbonyl (C=O) groups is 2. The molecule has 3 N–H and O–H groups in total. The fourth-order valence-electron chi connectivity index (χ4n) is 1.34. The Morgan fingerprint density at radius 1 is 1.38 bits per heavy atom. The van der Waals surface area contributed by atoms with Crippen LogP contribution in [0.25, 0.3) is 0 Å². The number of benzene rings is 1. The number of para-hydroxylation sites is 1. The molecule has 1 aromatic carbocycles. The van der Waals surface area contributed by atoms with Crippen molar-refractivity contribution in [3.05, 3.63) is 42.1 Å². The monoisotopic (exact) mass is 218 g/mol. The van der Waals surface area contributed by atoms with E-state index in [2.05, 4.69) is 11.9 Å². The molecule has 0 aromatic heterocycles. The molecule has 0 saturated heterocycles. The third-order valence-electron chi connectivity index (χ3n) is 2.01. The van der Waals surface area contributed by atoms with E-state index in [1.165, 1.54) is 6.92 Å². The van der Waals surface area contributed by atoms with Gasteiger partial charge in [0.1, 0.15) is 0 Å². The number of hydrogen-bond acceptors (Lipinski definition) is 3. The first-order chi connectivity index (χ1) is 7.50. The van der Waals surface area contributed by atoms with Crippen LogP contribution in [-0.4, -0.2) is 11.7 Å².